The van der Waals surface area contributed by atoms with E-state index in [0.29, 0.717) is 12.4 Å². The third kappa shape index (κ3) is 3.44. The monoisotopic (exact) mass is 207 g/mol. The van der Waals surface area contributed by atoms with E-state index in [1.54, 1.807) is 0 Å². The number of hydrogen-bond donors (Lipinski definition) is 1. The normalized spacial score (nSPS) is 11.8. The Kier molecular flexibility index (Phi) is 3.89. The second-order valence-electron chi connectivity index (χ2n) is 3.18. The molecule has 0 radical (unpaired) electrons. The number of terminal acetylenes is 1. The van der Waals surface area contributed by atoms with Gasteiger partial charge in [-0.3, -0.25) is 4.79 Å². The first-order valence-electron chi connectivity index (χ1n) is 4.52. The zero-order chi connectivity index (χ0) is 11.3. The average molecular weight is 207 g/mol. The van der Waals surface area contributed by atoms with E-state index in [2.05, 4.69) is 11.0 Å². The van der Waals surface area contributed by atoms with Gasteiger partial charge in [0.05, 0.1) is 6.20 Å². The molecular formula is C10H13N3O2. The Balaban J connectivity index is 2.74. The van der Waals surface area contributed by atoms with E-state index >= 15 is 0 Å². The van der Waals surface area contributed by atoms with Crippen molar-refractivity contribution in [3.63, 3.8) is 0 Å². The molecule has 80 valence electrons. The third-order valence-corrected chi connectivity index (χ3v) is 1.60. The van der Waals surface area contributed by atoms with Crippen LogP contribution in [0.5, 0.6) is 5.75 Å². The highest BCUT2D eigenvalue weighted by atomic mass is 16.5. The van der Waals surface area contributed by atoms with Crippen molar-refractivity contribution in [2.24, 2.45) is 5.73 Å². The molecule has 0 bridgehead atoms. The van der Waals surface area contributed by atoms with Crippen LogP contribution in [0.3, 0.4) is 0 Å². The topological polar surface area (TPSA) is 70.1 Å². The second-order valence-corrected chi connectivity index (χ2v) is 3.18. The number of nitrogens with zero attached hydrogens (tertiary/aromatic N) is 2. The first kappa shape index (κ1) is 11.3. The van der Waals surface area contributed by atoms with E-state index in [4.69, 9.17) is 16.9 Å². The van der Waals surface area contributed by atoms with Crippen LogP contribution >= 0.6 is 0 Å². The molecule has 0 saturated heterocycles. The maximum absolute atomic E-state index is 11.4. The average Bonchev–Trinajstić information content (AvgIpc) is 2.19. The molecule has 5 nitrogen and oxygen atoms in total. The van der Waals surface area contributed by atoms with Gasteiger partial charge in [-0.15, -0.1) is 6.42 Å². The van der Waals surface area contributed by atoms with Gasteiger partial charge in [-0.2, -0.15) is 5.10 Å². The van der Waals surface area contributed by atoms with Crippen LogP contribution in [-0.2, 0) is 6.54 Å². The zero-order valence-corrected chi connectivity index (χ0v) is 8.51. The van der Waals surface area contributed by atoms with Gasteiger partial charge in [0.2, 0.25) is 0 Å². The van der Waals surface area contributed by atoms with Crippen molar-refractivity contribution in [3.8, 4) is 18.1 Å². The van der Waals surface area contributed by atoms with Crippen LogP contribution in [0.2, 0.25) is 0 Å². The summed E-state index contributed by atoms with van der Waals surface area (Å²) in [5, 5.41) is 3.84. The minimum Gasteiger partial charge on any atom is -0.490 e. The molecule has 1 heterocycles. The van der Waals surface area contributed by atoms with E-state index < -0.39 is 0 Å². The summed E-state index contributed by atoms with van der Waals surface area (Å²) in [6, 6.07) is 1.25. The van der Waals surface area contributed by atoms with E-state index in [1.807, 2.05) is 6.92 Å². The van der Waals surface area contributed by atoms with Crippen LogP contribution in [0.1, 0.15) is 6.92 Å². The molecule has 5 heteroatoms. The Morgan fingerprint density at radius 3 is 3.07 bits per heavy atom. The summed E-state index contributed by atoms with van der Waals surface area (Å²) < 4.78 is 6.41. The summed E-state index contributed by atoms with van der Waals surface area (Å²) in [5.74, 6) is 2.74. The zero-order valence-electron chi connectivity index (χ0n) is 8.51. The lowest BCUT2D eigenvalue weighted by Crippen LogP contribution is -2.25. The summed E-state index contributed by atoms with van der Waals surface area (Å²) in [6.45, 7) is 2.32. The second kappa shape index (κ2) is 5.17. The number of hydrogen-bond acceptors (Lipinski definition) is 4. The van der Waals surface area contributed by atoms with E-state index in [1.165, 1.54) is 16.9 Å². The Hall–Kier alpha value is -1.80. The maximum Gasteiger partial charge on any atom is 0.271 e. The highest BCUT2D eigenvalue weighted by Crippen LogP contribution is 2.03. The van der Waals surface area contributed by atoms with Crippen molar-refractivity contribution in [2.45, 2.75) is 19.5 Å². The van der Waals surface area contributed by atoms with Gasteiger partial charge in [-0.1, -0.05) is 5.92 Å². The fraction of sp³-hybridized carbons (Fsp3) is 0.400. The molecule has 0 aliphatic rings. The molecule has 0 fully saturated rings. The SMILES string of the molecule is C#CCn1ncc(OCC(C)N)cc1=O. The van der Waals surface area contributed by atoms with Crippen molar-refractivity contribution in [3.05, 3.63) is 22.6 Å². The predicted octanol–water partition coefficient (Wildman–Crippen LogP) is -0.398. The van der Waals surface area contributed by atoms with Crippen LogP contribution in [0.4, 0.5) is 0 Å². The number of aromatic nitrogens is 2. The van der Waals surface area contributed by atoms with Crippen molar-refractivity contribution in [1.29, 1.82) is 0 Å². The highest BCUT2D eigenvalue weighted by molar-refractivity contribution is 5.14. The highest BCUT2D eigenvalue weighted by Gasteiger charge is 2.01. The minimum absolute atomic E-state index is 0.0851. The molecule has 0 saturated carbocycles. The van der Waals surface area contributed by atoms with E-state index in [0.717, 1.165) is 0 Å². The largest absolute Gasteiger partial charge is 0.490 e. The number of ether oxygens (including phenoxy) is 1. The van der Waals surface area contributed by atoms with Crippen LogP contribution in [-0.4, -0.2) is 22.4 Å². The lowest BCUT2D eigenvalue weighted by atomic mass is 10.4. The summed E-state index contributed by atoms with van der Waals surface area (Å²) >= 11 is 0. The lowest BCUT2D eigenvalue weighted by molar-refractivity contribution is 0.293. The molecule has 0 amide bonds. The van der Waals surface area contributed by atoms with Crippen LogP contribution in [0.25, 0.3) is 0 Å². The van der Waals surface area contributed by atoms with Gasteiger partial charge in [0.1, 0.15) is 18.9 Å². The molecule has 0 aliphatic heterocycles. The van der Waals surface area contributed by atoms with Gasteiger partial charge in [-0.25, -0.2) is 4.68 Å². The molecule has 1 rings (SSSR count). The van der Waals surface area contributed by atoms with Gasteiger partial charge in [-0.05, 0) is 6.92 Å². The smallest absolute Gasteiger partial charge is 0.271 e. The molecule has 1 unspecified atom stereocenters. The number of rotatable bonds is 4. The molecular weight excluding hydrogens is 194 g/mol. The van der Waals surface area contributed by atoms with Gasteiger partial charge in [0.25, 0.3) is 5.56 Å². The van der Waals surface area contributed by atoms with Gasteiger partial charge >= 0.3 is 0 Å². The Bertz CT molecular complexity index is 417. The lowest BCUT2D eigenvalue weighted by Gasteiger charge is -2.08. The van der Waals surface area contributed by atoms with Gasteiger partial charge in [0.15, 0.2) is 0 Å². The predicted molar refractivity (Wildman–Crippen MR) is 56.5 cm³/mol. The first-order chi connectivity index (χ1) is 7.13. The van der Waals surface area contributed by atoms with Crippen LogP contribution < -0.4 is 16.0 Å². The third-order valence-electron chi connectivity index (χ3n) is 1.60. The molecule has 2 N–H and O–H groups in total. The molecule has 0 aliphatic carbocycles. The number of nitrogens with two attached hydrogens (primary N) is 1. The summed E-state index contributed by atoms with van der Waals surface area (Å²) in [5.41, 5.74) is 5.22. The molecule has 15 heavy (non-hydrogen) atoms. The summed E-state index contributed by atoms with van der Waals surface area (Å²) in [6.07, 6.45) is 6.51. The molecule has 1 atom stereocenters. The van der Waals surface area contributed by atoms with Gasteiger partial charge in [0, 0.05) is 12.1 Å². The van der Waals surface area contributed by atoms with Crippen molar-refractivity contribution >= 4 is 0 Å². The first-order valence-corrected chi connectivity index (χ1v) is 4.52. The van der Waals surface area contributed by atoms with E-state index in [9.17, 15) is 4.79 Å². The van der Waals surface area contributed by atoms with Crippen LogP contribution in [0, 0.1) is 12.3 Å². The summed E-state index contributed by atoms with van der Waals surface area (Å²) in [7, 11) is 0. The summed E-state index contributed by atoms with van der Waals surface area (Å²) in [4.78, 5) is 11.4. The fourth-order valence-corrected chi connectivity index (χ4v) is 0.929. The molecule has 0 spiro atoms. The standard InChI is InChI=1S/C10H13N3O2/c1-3-4-13-10(14)5-9(6-12-13)15-7-8(2)11/h1,5-6,8H,4,7,11H2,2H3. The van der Waals surface area contributed by atoms with E-state index in [-0.39, 0.29) is 18.1 Å². The Morgan fingerprint density at radius 1 is 1.80 bits per heavy atom. The molecule has 0 aromatic carbocycles. The molecule has 1 aromatic rings. The van der Waals surface area contributed by atoms with Crippen molar-refractivity contribution in [1.82, 2.24) is 9.78 Å². The Morgan fingerprint density at radius 2 is 2.53 bits per heavy atom. The molecule has 1 aromatic heterocycles. The van der Waals surface area contributed by atoms with Crippen molar-refractivity contribution < 1.29 is 4.74 Å². The maximum atomic E-state index is 11.4. The van der Waals surface area contributed by atoms with Gasteiger partial charge < -0.3 is 10.5 Å². The fourth-order valence-electron chi connectivity index (χ4n) is 0.929. The van der Waals surface area contributed by atoms with Crippen LogP contribution in [0.15, 0.2) is 17.1 Å². The van der Waals surface area contributed by atoms with Crippen molar-refractivity contribution in [2.75, 3.05) is 6.61 Å². The quantitative estimate of drug-likeness (QED) is 0.682. The Labute approximate surface area is 87.9 Å². The minimum atomic E-state index is -0.282.